The molecule has 6 heteroatoms. The van der Waals surface area contributed by atoms with Gasteiger partial charge >= 0.3 is 0 Å². The van der Waals surface area contributed by atoms with E-state index in [9.17, 15) is 0 Å². The maximum absolute atomic E-state index is 4.42. The van der Waals surface area contributed by atoms with E-state index in [4.69, 9.17) is 0 Å². The predicted molar refractivity (Wildman–Crippen MR) is 128 cm³/mol. The maximum atomic E-state index is 4.42. The fourth-order valence-electron chi connectivity index (χ4n) is 4.29. The highest BCUT2D eigenvalue weighted by Crippen LogP contribution is 2.25. The lowest BCUT2D eigenvalue weighted by Crippen LogP contribution is -2.50. The van der Waals surface area contributed by atoms with Crippen molar-refractivity contribution in [2.75, 3.05) is 53.4 Å². The van der Waals surface area contributed by atoms with Crippen molar-refractivity contribution in [3.05, 3.63) is 0 Å². The van der Waals surface area contributed by atoms with Crippen LogP contribution < -0.4 is 10.6 Å². The van der Waals surface area contributed by atoms with Gasteiger partial charge in [-0.3, -0.25) is 4.99 Å². The second-order valence-corrected chi connectivity index (χ2v) is 8.38. The monoisotopic (exact) mass is 493 g/mol. The summed E-state index contributed by atoms with van der Waals surface area (Å²) in [6.07, 6.45) is 12.3. The molecule has 2 rings (SSSR count). The van der Waals surface area contributed by atoms with Gasteiger partial charge in [0.2, 0.25) is 0 Å². The summed E-state index contributed by atoms with van der Waals surface area (Å²) < 4.78 is 0. The molecule has 27 heavy (non-hydrogen) atoms. The molecule has 1 saturated heterocycles. The molecule has 1 aliphatic heterocycles. The van der Waals surface area contributed by atoms with Crippen LogP contribution in [-0.2, 0) is 0 Å². The minimum Gasteiger partial charge on any atom is -0.355 e. The zero-order valence-electron chi connectivity index (χ0n) is 18.0. The number of guanidine groups is 1. The van der Waals surface area contributed by atoms with Crippen LogP contribution in [-0.4, -0.2) is 75.2 Å². The van der Waals surface area contributed by atoms with E-state index in [0.717, 1.165) is 25.0 Å². The minimum atomic E-state index is 0. The van der Waals surface area contributed by atoms with Crippen LogP contribution in [0.5, 0.6) is 0 Å². The molecule has 1 aliphatic carbocycles. The van der Waals surface area contributed by atoms with Crippen molar-refractivity contribution in [1.29, 1.82) is 0 Å². The molecular formula is C21H44IN5. The summed E-state index contributed by atoms with van der Waals surface area (Å²) in [5.41, 5.74) is 0. The number of aliphatic imine (C=N–C) groups is 1. The third kappa shape index (κ3) is 10.3. The van der Waals surface area contributed by atoms with Crippen molar-refractivity contribution in [2.45, 2.75) is 70.8 Å². The summed E-state index contributed by atoms with van der Waals surface area (Å²) in [5, 5.41) is 7.12. The SMILES string of the molecule is CCCCN(C)CCNC(=NC)NC1CCN(CC2CCCCC2)CC1.I. The van der Waals surface area contributed by atoms with Gasteiger partial charge in [0.1, 0.15) is 0 Å². The van der Waals surface area contributed by atoms with Gasteiger partial charge in [0.05, 0.1) is 0 Å². The average molecular weight is 494 g/mol. The lowest BCUT2D eigenvalue weighted by molar-refractivity contribution is 0.160. The number of unbranched alkanes of at least 4 members (excludes halogenated alkanes) is 1. The largest absolute Gasteiger partial charge is 0.355 e. The van der Waals surface area contributed by atoms with E-state index in [1.165, 1.54) is 84.0 Å². The summed E-state index contributed by atoms with van der Waals surface area (Å²) in [6, 6.07) is 0.571. The van der Waals surface area contributed by atoms with Gasteiger partial charge in [-0.25, -0.2) is 0 Å². The number of likely N-dealkylation sites (tertiary alicyclic amines) is 1. The molecule has 0 atom stereocenters. The molecule has 0 radical (unpaired) electrons. The number of nitrogens with zero attached hydrogens (tertiary/aromatic N) is 3. The third-order valence-corrected chi connectivity index (χ3v) is 6.07. The van der Waals surface area contributed by atoms with E-state index in [2.05, 4.69) is 39.4 Å². The smallest absolute Gasteiger partial charge is 0.191 e. The Kier molecular flexibility index (Phi) is 13.7. The molecule has 0 aromatic rings. The molecule has 0 aromatic carbocycles. The first-order valence-corrected chi connectivity index (χ1v) is 11.1. The molecule has 5 nitrogen and oxygen atoms in total. The standard InChI is InChI=1S/C21H43N5.HI/c1-4-5-14-25(3)17-13-23-21(22-2)24-20-11-15-26(16-12-20)18-19-9-7-6-8-10-19;/h19-20H,4-18H2,1-3H3,(H2,22,23,24);1H. The number of likely N-dealkylation sites (N-methyl/N-ethyl adjacent to an activating group) is 1. The van der Waals surface area contributed by atoms with Crippen LogP contribution in [0.25, 0.3) is 0 Å². The van der Waals surface area contributed by atoms with Crippen LogP contribution in [0.3, 0.4) is 0 Å². The van der Waals surface area contributed by atoms with Crippen LogP contribution in [0.4, 0.5) is 0 Å². The Morgan fingerprint density at radius 1 is 1.07 bits per heavy atom. The second kappa shape index (κ2) is 14.9. The van der Waals surface area contributed by atoms with Gasteiger partial charge < -0.3 is 20.4 Å². The van der Waals surface area contributed by atoms with E-state index in [1.807, 2.05) is 7.05 Å². The normalized spacial score (nSPS) is 20.5. The molecule has 2 fully saturated rings. The number of rotatable bonds is 9. The highest BCUT2D eigenvalue weighted by atomic mass is 127. The van der Waals surface area contributed by atoms with E-state index in [0.29, 0.717) is 6.04 Å². The molecule has 0 amide bonds. The summed E-state index contributed by atoms with van der Waals surface area (Å²) in [4.78, 5) is 9.51. The van der Waals surface area contributed by atoms with Gasteiger partial charge in [-0.1, -0.05) is 32.6 Å². The number of nitrogens with one attached hydrogen (secondary N) is 2. The molecule has 0 unspecified atom stereocenters. The fourth-order valence-corrected chi connectivity index (χ4v) is 4.29. The number of hydrogen-bond acceptors (Lipinski definition) is 3. The summed E-state index contributed by atoms with van der Waals surface area (Å²) >= 11 is 0. The summed E-state index contributed by atoms with van der Waals surface area (Å²) in [6.45, 7) is 9.28. The van der Waals surface area contributed by atoms with Crippen LogP contribution in [0.2, 0.25) is 0 Å². The number of halogens is 1. The Bertz CT molecular complexity index is 390. The first-order chi connectivity index (χ1) is 12.7. The highest BCUT2D eigenvalue weighted by Gasteiger charge is 2.23. The van der Waals surface area contributed by atoms with Crippen molar-refractivity contribution in [3.8, 4) is 0 Å². The Labute approximate surface area is 185 Å². The van der Waals surface area contributed by atoms with Crippen molar-refractivity contribution < 1.29 is 0 Å². The topological polar surface area (TPSA) is 42.9 Å². The second-order valence-electron chi connectivity index (χ2n) is 8.38. The summed E-state index contributed by atoms with van der Waals surface area (Å²) in [5.74, 6) is 1.94. The van der Waals surface area contributed by atoms with Crippen molar-refractivity contribution in [3.63, 3.8) is 0 Å². The van der Waals surface area contributed by atoms with Gasteiger partial charge in [0, 0.05) is 45.8 Å². The van der Waals surface area contributed by atoms with Crippen molar-refractivity contribution in [1.82, 2.24) is 20.4 Å². The molecule has 160 valence electrons. The average Bonchev–Trinajstić information content (AvgIpc) is 2.67. The van der Waals surface area contributed by atoms with Gasteiger partial charge in [-0.15, -0.1) is 24.0 Å². The molecule has 0 bridgehead atoms. The first-order valence-electron chi connectivity index (χ1n) is 11.1. The Balaban J connectivity index is 0.00000364. The highest BCUT2D eigenvalue weighted by molar-refractivity contribution is 14.0. The van der Waals surface area contributed by atoms with Crippen LogP contribution in [0.1, 0.15) is 64.7 Å². The number of piperidine rings is 1. The van der Waals surface area contributed by atoms with Crippen LogP contribution >= 0.6 is 24.0 Å². The summed E-state index contributed by atoms with van der Waals surface area (Å²) in [7, 11) is 4.09. The molecular weight excluding hydrogens is 449 g/mol. The third-order valence-electron chi connectivity index (χ3n) is 6.07. The minimum absolute atomic E-state index is 0. The molecule has 2 N–H and O–H groups in total. The predicted octanol–water partition coefficient (Wildman–Crippen LogP) is 3.55. The Hall–Kier alpha value is -0.0800. The zero-order chi connectivity index (χ0) is 18.6. The fraction of sp³-hybridized carbons (Fsp3) is 0.952. The van der Waals surface area contributed by atoms with E-state index >= 15 is 0 Å². The van der Waals surface area contributed by atoms with Crippen molar-refractivity contribution >= 4 is 29.9 Å². The Morgan fingerprint density at radius 2 is 1.78 bits per heavy atom. The zero-order valence-corrected chi connectivity index (χ0v) is 20.3. The lowest BCUT2D eigenvalue weighted by atomic mass is 9.88. The molecule has 0 spiro atoms. The van der Waals surface area contributed by atoms with E-state index < -0.39 is 0 Å². The van der Waals surface area contributed by atoms with Crippen molar-refractivity contribution in [2.24, 2.45) is 10.9 Å². The van der Waals surface area contributed by atoms with E-state index in [-0.39, 0.29) is 24.0 Å². The van der Waals surface area contributed by atoms with Gasteiger partial charge in [-0.2, -0.15) is 0 Å². The van der Waals surface area contributed by atoms with Crippen LogP contribution in [0, 0.1) is 5.92 Å². The van der Waals surface area contributed by atoms with Gasteiger partial charge in [0.25, 0.3) is 0 Å². The Morgan fingerprint density at radius 3 is 2.41 bits per heavy atom. The quantitative estimate of drug-likeness (QED) is 0.293. The maximum Gasteiger partial charge on any atom is 0.191 e. The molecule has 0 aromatic heterocycles. The van der Waals surface area contributed by atoms with Gasteiger partial charge in [-0.05, 0) is 51.6 Å². The van der Waals surface area contributed by atoms with E-state index in [1.54, 1.807) is 0 Å². The molecule has 1 heterocycles. The first kappa shape index (κ1) is 25.0. The molecule has 2 aliphatic rings. The number of hydrogen-bond donors (Lipinski definition) is 2. The molecule has 1 saturated carbocycles. The van der Waals surface area contributed by atoms with Gasteiger partial charge in [0.15, 0.2) is 5.96 Å². The lowest BCUT2D eigenvalue weighted by Gasteiger charge is -2.36. The van der Waals surface area contributed by atoms with Crippen LogP contribution in [0.15, 0.2) is 4.99 Å².